The number of nitrogens with one attached hydrogen (secondary N) is 2. The molecule has 1 aliphatic heterocycles. The van der Waals surface area contributed by atoms with E-state index in [0.717, 1.165) is 19.0 Å². The third-order valence-electron chi connectivity index (χ3n) is 5.97. The van der Waals surface area contributed by atoms with Crippen LogP contribution in [0.2, 0.25) is 0 Å². The number of halogens is 3. The monoisotopic (exact) mass is 489 g/mol. The Balaban J connectivity index is 1.45. The molecule has 0 atom stereocenters. The molecule has 7 nitrogen and oxygen atoms in total. The molecule has 1 fully saturated rings. The van der Waals surface area contributed by atoms with Crippen LogP contribution in [0.5, 0.6) is 5.75 Å². The number of aryl methyl sites for hydroxylation is 1. The van der Waals surface area contributed by atoms with Crippen LogP contribution in [0.4, 0.5) is 24.8 Å². The molecule has 178 valence electrons. The molecule has 3 heterocycles. The Morgan fingerprint density at radius 1 is 1.24 bits per heavy atom. The molecule has 2 N–H and O–H groups in total. The SMILES string of the molecule is CCc1nc(Nc2ccc(P3(=O)C=CN(C4CC4)C=C3)cc2OC)nc2[nH]cc(C(F)(F)F)c12. The predicted molar refractivity (Wildman–Crippen MR) is 125 cm³/mol. The molecule has 2 aliphatic rings. The van der Waals surface area contributed by atoms with Gasteiger partial charge in [0.1, 0.15) is 11.4 Å². The second kappa shape index (κ2) is 8.20. The van der Waals surface area contributed by atoms with E-state index in [2.05, 4.69) is 25.2 Å². The summed E-state index contributed by atoms with van der Waals surface area (Å²) in [5.74, 6) is 4.03. The zero-order valence-electron chi connectivity index (χ0n) is 18.6. The highest BCUT2D eigenvalue weighted by Crippen LogP contribution is 2.51. The number of nitrogens with zero attached hydrogens (tertiary/aromatic N) is 3. The van der Waals surface area contributed by atoms with Crippen molar-refractivity contribution in [2.24, 2.45) is 0 Å². The van der Waals surface area contributed by atoms with Gasteiger partial charge in [-0.15, -0.1) is 0 Å². The maximum atomic E-state index is 13.5. The van der Waals surface area contributed by atoms with Gasteiger partial charge in [0.25, 0.3) is 0 Å². The van der Waals surface area contributed by atoms with Gasteiger partial charge in [0.15, 0.2) is 7.14 Å². The number of hydrogen-bond acceptors (Lipinski definition) is 6. The number of anilines is 2. The molecule has 0 radical (unpaired) electrons. The summed E-state index contributed by atoms with van der Waals surface area (Å²) in [6.07, 6.45) is 2.72. The molecule has 2 aromatic heterocycles. The van der Waals surface area contributed by atoms with Gasteiger partial charge in [-0.1, -0.05) is 6.92 Å². The van der Waals surface area contributed by atoms with Crippen LogP contribution in [0.3, 0.4) is 0 Å². The number of fused-ring (bicyclic) bond motifs is 1. The van der Waals surface area contributed by atoms with Gasteiger partial charge >= 0.3 is 6.18 Å². The summed E-state index contributed by atoms with van der Waals surface area (Å²) in [5.41, 5.74) is 0.0935. The number of aromatic nitrogens is 3. The molecule has 11 heteroatoms. The summed E-state index contributed by atoms with van der Waals surface area (Å²) in [6.45, 7) is 1.74. The summed E-state index contributed by atoms with van der Waals surface area (Å²) < 4.78 is 59.1. The van der Waals surface area contributed by atoms with E-state index in [-0.39, 0.29) is 22.7 Å². The van der Waals surface area contributed by atoms with Crippen molar-refractivity contribution in [1.82, 2.24) is 19.9 Å². The minimum atomic E-state index is -4.51. The molecular formula is C23H23F3N5O2P. The van der Waals surface area contributed by atoms with E-state index in [1.165, 1.54) is 7.11 Å². The Kier molecular flexibility index (Phi) is 5.43. The van der Waals surface area contributed by atoms with Crippen molar-refractivity contribution >= 4 is 35.1 Å². The number of hydrogen-bond donors (Lipinski definition) is 2. The number of H-pyrrole nitrogens is 1. The molecular weight excluding hydrogens is 466 g/mol. The fraction of sp³-hybridized carbons (Fsp3) is 0.304. The van der Waals surface area contributed by atoms with E-state index in [1.54, 1.807) is 36.8 Å². The maximum absolute atomic E-state index is 13.5. The molecule has 1 aromatic carbocycles. The number of alkyl halides is 3. The van der Waals surface area contributed by atoms with Gasteiger partial charge in [0, 0.05) is 29.9 Å². The highest BCUT2D eigenvalue weighted by atomic mass is 31.2. The summed E-state index contributed by atoms with van der Waals surface area (Å²) in [5, 5.41) is 3.61. The Morgan fingerprint density at radius 2 is 1.97 bits per heavy atom. The molecule has 5 rings (SSSR count). The maximum Gasteiger partial charge on any atom is 0.418 e. The van der Waals surface area contributed by atoms with Crippen LogP contribution in [0.15, 0.2) is 48.4 Å². The first kappa shape index (κ1) is 22.5. The van der Waals surface area contributed by atoms with Gasteiger partial charge in [0.2, 0.25) is 5.95 Å². The van der Waals surface area contributed by atoms with Crippen LogP contribution in [-0.4, -0.2) is 33.0 Å². The third-order valence-corrected chi connectivity index (χ3v) is 8.21. The van der Waals surface area contributed by atoms with Crippen LogP contribution in [-0.2, 0) is 17.2 Å². The van der Waals surface area contributed by atoms with E-state index in [4.69, 9.17) is 4.74 Å². The normalized spacial score (nSPS) is 17.4. The number of methoxy groups -OCH3 is 1. The highest BCUT2D eigenvalue weighted by Gasteiger charge is 2.35. The summed E-state index contributed by atoms with van der Waals surface area (Å²) in [4.78, 5) is 13.2. The second-order valence-corrected chi connectivity index (χ2v) is 10.8. The lowest BCUT2D eigenvalue weighted by Gasteiger charge is -2.22. The van der Waals surface area contributed by atoms with Crippen LogP contribution in [0, 0.1) is 0 Å². The fourth-order valence-electron chi connectivity index (χ4n) is 4.00. The standard InChI is InChI=1S/C23H23F3N5O2P/c1-3-17-20-16(23(24,25)26)13-27-21(20)30-22(28-17)29-18-7-6-15(12-19(18)33-2)34(32)10-8-31(9-11-34)14-4-5-14/h6-14H,3-5H2,1-2H3,(H2,27,28,29,30). The Hall–Kier alpha value is -3.26. The van der Waals surface area contributed by atoms with Gasteiger partial charge < -0.3 is 24.5 Å². The van der Waals surface area contributed by atoms with Crippen molar-refractivity contribution in [2.45, 2.75) is 38.4 Å². The summed E-state index contributed by atoms with van der Waals surface area (Å²) >= 11 is 0. The smallest absolute Gasteiger partial charge is 0.418 e. The van der Waals surface area contributed by atoms with Crippen LogP contribution < -0.4 is 15.4 Å². The molecule has 1 saturated carbocycles. The average molecular weight is 489 g/mol. The van der Waals surface area contributed by atoms with Gasteiger partial charge in [-0.25, -0.2) is 4.98 Å². The molecule has 3 aromatic rings. The highest BCUT2D eigenvalue weighted by molar-refractivity contribution is 7.77. The van der Waals surface area contributed by atoms with Crippen molar-refractivity contribution in [3.63, 3.8) is 0 Å². The van der Waals surface area contributed by atoms with Crippen molar-refractivity contribution < 1.29 is 22.5 Å². The largest absolute Gasteiger partial charge is 0.495 e. The van der Waals surface area contributed by atoms with E-state index in [0.29, 0.717) is 29.2 Å². The quantitative estimate of drug-likeness (QED) is 0.433. The van der Waals surface area contributed by atoms with Gasteiger partial charge in [-0.3, -0.25) is 0 Å². The minimum absolute atomic E-state index is 0.0305. The lowest BCUT2D eigenvalue weighted by molar-refractivity contribution is -0.136. The first-order valence-corrected chi connectivity index (χ1v) is 12.7. The number of rotatable bonds is 6. The minimum Gasteiger partial charge on any atom is -0.495 e. The zero-order chi connectivity index (χ0) is 24.1. The average Bonchev–Trinajstić information content (AvgIpc) is 3.56. The van der Waals surface area contributed by atoms with Gasteiger partial charge in [-0.2, -0.15) is 18.2 Å². The first-order chi connectivity index (χ1) is 16.2. The van der Waals surface area contributed by atoms with Crippen LogP contribution in [0.25, 0.3) is 11.0 Å². The molecule has 0 amide bonds. The van der Waals surface area contributed by atoms with Crippen LogP contribution in [0.1, 0.15) is 31.0 Å². The molecule has 0 saturated heterocycles. The molecule has 1 aliphatic carbocycles. The van der Waals surface area contributed by atoms with E-state index in [9.17, 15) is 17.7 Å². The summed E-state index contributed by atoms with van der Waals surface area (Å²) in [7, 11) is -1.38. The summed E-state index contributed by atoms with van der Waals surface area (Å²) in [6, 6.07) is 5.64. The van der Waals surface area contributed by atoms with Crippen molar-refractivity contribution in [2.75, 3.05) is 12.4 Å². The first-order valence-electron chi connectivity index (χ1n) is 10.9. The number of aromatic amines is 1. The zero-order valence-corrected chi connectivity index (χ0v) is 19.5. The molecule has 0 unspecified atom stereocenters. The second-order valence-electron chi connectivity index (χ2n) is 8.26. The lowest BCUT2D eigenvalue weighted by atomic mass is 10.1. The lowest BCUT2D eigenvalue weighted by Crippen LogP contribution is -2.15. The van der Waals surface area contributed by atoms with Crippen LogP contribution >= 0.6 is 7.14 Å². The van der Waals surface area contributed by atoms with E-state index >= 15 is 0 Å². The van der Waals surface area contributed by atoms with E-state index in [1.807, 2.05) is 12.4 Å². The van der Waals surface area contributed by atoms with E-state index < -0.39 is 18.9 Å². The van der Waals surface area contributed by atoms with Crippen molar-refractivity contribution in [3.8, 4) is 5.75 Å². The Labute approximate surface area is 194 Å². The Morgan fingerprint density at radius 3 is 2.59 bits per heavy atom. The topological polar surface area (TPSA) is 83.1 Å². The Bertz CT molecular complexity index is 1340. The molecule has 34 heavy (non-hydrogen) atoms. The fourth-order valence-corrected chi connectivity index (χ4v) is 5.78. The number of ether oxygens (including phenoxy) is 1. The van der Waals surface area contributed by atoms with Gasteiger partial charge in [-0.05, 0) is 49.1 Å². The van der Waals surface area contributed by atoms with Crippen molar-refractivity contribution in [1.29, 1.82) is 0 Å². The molecule has 0 spiro atoms. The predicted octanol–water partition coefficient (Wildman–Crippen LogP) is 5.70. The van der Waals surface area contributed by atoms with Gasteiger partial charge in [0.05, 0.1) is 29.4 Å². The molecule has 0 bridgehead atoms. The number of benzene rings is 1. The van der Waals surface area contributed by atoms with Crippen molar-refractivity contribution in [3.05, 3.63) is 59.7 Å². The third kappa shape index (κ3) is 4.07.